The van der Waals surface area contributed by atoms with E-state index >= 15 is 0 Å². The zero-order valence-electron chi connectivity index (χ0n) is 16.8. The average molecular weight is 422 g/mol. The Balaban J connectivity index is 1.71. The molecular formula is C21H29N2O3S2+. The number of thiocarbonyl (C=S) groups is 1. The zero-order valence-corrected chi connectivity index (χ0v) is 18.5. The van der Waals surface area contributed by atoms with E-state index < -0.39 is 0 Å². The molecule has 152 valence electrons. The molecule has 7 heteroatoms. The molecule has 1 aliphatic heterocycles. The van der Waals surface area contributed by atoms with Crippen molar-refractivity contribution in [1.82, 2.24) is 4.90 Å². The molecule has 1 amide bonds. The largest absolute Gasteiger partial charge is 0.460 e. The summed E-state index contributed by atoms with van der Waals surface area (Å²) >= 11 is 6.72. The lowest BCUT2D eigenvalue weighted by Crippen LogP contribution is -3.06. The molecule has 0 aliphatic carbocycles. The highest BCUT2D eigenvalue weighted by molar-refractivity contribution is 8.26. The van der Waals surface area contributed by atoms with Gasteiger partial charge in [0.05, 0.1) is 19.0 Å². The van der Waals surface area contributed by atoms with E-state index in [1.54, 1.807) is 4.90 Å². The predicted octanol–water partition coefficient (Wildman–Crippen LogP) is 2.44. The lowest BCUT2D eigenvalue weighted by atomic mass is 10.1. The van der Waals surface area contributed by atoms with Crippen molar-refractivity contribution in [1.29, 1.82) is 0 Å². The molecule has 1 aliphatic rings. The first-order valence-electron chi connectivity index (χ1n) is 9.63. The minimum atomic E-state index is -0.145. The molecule has 1 aromatic carbocycles. The molecular weight excluding hydrogens is 392 g/mol. The number of rotatable bonds is 10. The summed E-state index contributed by atoms with van der Waals surface area (Å²) < 4.78 is 5.79. The van der Waals surface area contributed by atoms with E-state index in [1.807, 2.05) is 51.4 Å². The first kappa shape index (κ1) is 22.6. The topological polar surface area (TPSA) is 51.1 Å². The number of quaternary nitrogens is 1. The molecule has 0 radical (unpaired) electrons. The van der Waals surface area contributed by atoms with Crippen molar-refractivity contribution in [2.75, 3.05) is 33.8 Å². The van der Waals surface area contributed by atoms with E-state index in [9.17, 15) is 9.59 Å². The number of unbranched alkanes of at least 4 members (excludes halogenated alkanes) is 2. The number of ether oxygens (including phenoxy) is 1. The number of thioether (sulfide) groups is 1. The van der Waals surface area contributed by atoms with E-state index in [-0.39, 0.29) is 11.9 Å². The number of likely N-dealkylation sites (N-methyl/N-ethyl adjacent to an activating group) is 1. The van der Waals surface area contributed by atoms with E-state index in [0.717, 1.165) is 31.4 Å². The Hall–Kier alpha value is -1.70. The summed E-state index contributed by atoms with van der Waals surface area (Å²) in [6, 6.07) is 8.06. The molecule has 0 spiro atoms. The molecule has 2 rings (SSSR count). The van der Waals surface area contributed by atoms with Crippen molar-refractivity contribution in [3.05, 3.63) is 40.3 Å². The van der Waals surface area contributed by atoms with Gasteiger partial charge in [-0.25, -0.2) is 0 Å². The second-order valence-corrected chi connectivity index (χ2v) is 8.91. The Morgan fingerprint density at radius 3 is 2.61 bits per heavy atom. The van der Waals surface area contributed by atoms with Gasteiger partial charge in [-0.1, -0.05) is 60.2 Å². The number of aryl methyl sites for hydroxylation is 1. The minimum Gasteiger partial charge on any atom is -0.460 e. The van der Waals surface area contributed by atoms with E-state index in [1.165, 1.54) is 22.2 Å². The maximum Gasteiger partial charge on any atom is 0.305 e. The number of carbonyl (C=O) groups excluding carboxylic acids is 2. The van der Waals surface area contributed by atoms with Crippen molar-refractivity contribution >= 4 is 46.3 Å². The number of nitrogens with one attached hydrogen (secondary N) is 1. The monoisotopic (exact) mass is 421 g/mol. The van der Waals surface area contributed by atoms with Crippen molar-refractivity contribution in [3.8, 4) is 0 Å². The Bertz CT molecular complexity index is 730. The first-order valence-corrected chi connectivity index (χ1v) is 10.9. The minimum absolute atomic E-state index is 0.0267. The molecule has 1 aromatic rings. The summed E-state index contributed by atoms with van der Waals surface area (Å²) in [4.78, 5) is 27.9. The quantitative estimate of drug-likeness (QED) is 0.272. The maximum atomic E-state index is 12.6. The van der Waals surface area contributed by atoms with Gasteiger partial charge in [0.1, 0.15) is 17.5 Å². The van der Waals surface area contributed by atoms with Crippen LogP contribution in [0.3, 0.4) is 0 Å². The van der Waals surface area contributed by atoms with Gasteiger partial charge in [0.2, 0.25) is 0 Å². The molecule has 0 aromatic heterocycles. The summed E-state index contributed by atoms with van der Waals surface area (Å²) in [5, 5.41) is 0. The van der Waals surface area contributed by atoms with Crippen LogP contribution < -0.4 is 4.90 Å². The molecule has 1 N–H and O–H groups in total. The van der Waals surface area contributed by atoms with Crippen LogP contribution in [0.4, 0.5) is 0 Å². The fraction of sp³-hybridized carbons (Fsp3) is 0.476. The molecule has 0 unspecified atom stereocenters. The van der Waals surface area contributed by atoms with Crippen molar-refractivity contribution in [3.63, 3.8) is 0 Å². The van der Waals surface area contributed by atoms with E-state index in [4.69, 9.17) is 17.0 Å². The molecule has 0 atom stereocenters. The van der Waals surface area contributed by atoms with Crippen LogP contribution in [0.2, 0.25) is 0 Å². The number of hydrogen-bond donors (Lipinski definition) is 1. The molecule has 28 heavy (non-hydrogen) atoms. The third kappa shape index (κ3) is 7.37. The van der Waals surface area contributed by atoms with Crippen molar-refractivity contribution < 1.29 is 19.2 Å². The maximum absolute atomic E-state index is 12.6. The number of hydrogen-bond acceptors (Lipinski definition) is 5. The van der Waals surface area contributed by atoms with Gasteiger partial charge in [-0.15, -0.1) is 0 Å². The van der Waals surface area contributed by atoms with Gasteiger partial charge in [0.25, 0.3) is 5.91 Å². The number of carbonyl (C=O) groups is 2. The third-order valence-corrected chi connectivity index (χ3v) is 5.75. The predicted molar refractivity (Wildman–Crippen MR) is 118 cm³/mol. The Kier molecular flexibility index (Phi) is 9.15. The number of nitrogens with zero attached hydrogens (tertiary/aromatic N) is 1. The van der Waals surface area contributed by atoms with Crippen LogP contribution in [0.5, 0.6) is 0 Å². The number of amides is 1. The van der Waals surface area contributed by atoms with Crippen molar-refractivity contribution in [2.24, 2.45) is 0 Å². The highest BCUT2D eigenvalue weighted by atomic mass is 32.2. The fourth-order valence-corrected chi connectivity index (χ4v) is 3.97. The molecule has 1 saturated heterocycles. The van der Waals surface area contributed by atoms with Gasteiger partial charge >= 0.3 is 5.97 Å². The lowest BCUT2D eigenvalue weighted by Gasteiger charge is -2.14. The highest BCUT2D eigenvalue weighted by Gasteiger charge is 2.31. The van der Waals surface area contributed by atoms with Gasteiger partial charge in [0, 0.05) is 13.0 Å². The van der Waals surface area contributed by atoms with Crippen LogP contribution in [0.25, 0.3) is 6.08 Å². The zero-order chi connectivity index (χ0) is 20.5. The Morgan fingerprint density at radius 2 is 1.93 bits per heavy atom. The molecule has 1 heterocycles. The Morgan fingerprint density at radius 1 is 1.21 bits per heavy atom. The summed E-state index contributed by atoms with van der Waals surface area (Å²) in [6.45, 7) is 3.91. The van der Waals surface area contributed by atoms with E-state index in [2.05, 4.69) is 0 Å². The second kappa shape index (κ2) is 11.3. The summed E-state index contributed by atoms with van der Waals surface area (Å²) in [5.41, 5.74) is 2.19. The summed E-state index contributed by atoms with van der Waals surface area (Å²) in [6.07, 6.45) is 4.77. The van der Waals surface area contributed by atoms with Gasteiger partial charge < -0.3 is 9.64 Å². The first-order chi connectivity index (χ1) is 13.4. The summed E-state index contributed by atoms with van der Waals surface area (Å²) in [5.74, 6) is -0.172. The van der Waals surface area contributed by atoms with E-state index in [0.29, 0.717) is 28.8 Å². The van der Waals surface area contributed by atoms with Crippen LogP contribution in [0.15, 0.2) is 29.2 Å². The van der Waals surface area contributed by atoms with Gasteiger partial charge in [-0.05, 0) is 31.4 Å². The molecule has 1 fully saturated rings. The molecule has 5 nitrogen and oxygen atoms in total. The van der Waals surface area contributed by atoms with Crippen molar-refractivity contribution in [2.45, 2.75) is 32.6 Å². The van der Waals surface area contributed by atoms with Gasteiger partial charge in [0.15, 0.2) is 0 Å². The van der Waals surface area contributed by atoms with Crippen LogP contribution in [0.1, 0.15) is 36.8 Å². The fourth-order valence-electron chi connectivity index (χ4n) is 2.66. The number of esters is 1. The lowest BCUT2D eigenvalue weighted by molar-refractivity contribution is -0.858. The summed E-state index contributed by atoms with van der Waals surface area (Å²) in [7, 11) is 4.05. The normalized spacial score (nSPS) is 15.7. The Labute approximate surface area is 177 Å². The van der Waals surface area contributed by atoms with Crippen LogP contribution in [-0.4, -0.2) is 54.9 Å². The molecule has 0 saturated carbocycles. The highest BCUT2D eigenvalue weighted by Crippen LogP contribution is 2.32. The average Bonchev–Trinajstić information content (AvgIpc) is 2.90. The van der Waals surface area contributed by atoms with Crippen LogP contribution in [-0.2, 0) is 14.3 Å². The molecule has 0 bridgehead atoms. The smallest absolute Gasteiger partial charge is 0.305 e. The SMILES string of the molecule is Cc1ccc(/C=C2\SC(=S)N(CCCCCC(=O)OCC[NH+](C)C)C2=O)cc1. The van der Waals surface area contributed by atoms with Crippen LogP contribution in [0, 0.1) is 6.92 Å². The van der Waals surface area contributed by atoms with Gasteiger partial charge in [-0.2, -0.15) is 0 Å². The second-order valence-electron chi connectivity index (χ2n) is 7.23. The standard InChI is InChI=1S/C21H28N2O3S2/c1-16-8-10-17(11-9-16)15-18-20(25)23(21(27)28-18)12-6-4-5-7-19(24)26-14-13-22(2)3/h8-11,15H,4-7,12-14H2,1-3H3/p+1/b18-15-. The van der Waals surface area contributed by atoms with Gasteiger partial charge in [-0.3, -0.25) is 14.5 Å². The van der Waals surface area contributed by atoms with Crippen LogP contribution >= 0.6 is 24.0 Å². The third-order valence-electron chi connectivity index (χ3n) is 4.38. The number of benzene rings is 1.